The van der Waals surface area contributed by atoms with E-state index in [2.05, 4.69) is 51.0 Å². The zero-order chi connectivity index (χ0) is 23.5. The Balaban J connectivity index is 1.36. The number of carbonyl (C=O) groups is 1. The van der Waals surface area contributed by atoms with E-state index in [0.717, 1.165) is 18.7 Å². The molecule has 0 aliphatic carbocycles. The fourth-order valence-electron chi connectivity index (χ4n) is 3.93. The first-order chi connectivity index (χ1) is 16.6. The third-order valence-electron chi connectivity index (χ3n) is 5.59. The molecule has 0 unspecified atom stereocenters. The van der Waals surface area contributed by atoms with Crippen molar-refractivity contribution < 1.29 is 4.79 Å². The van der Waals surface area contributed by atoms with Crippen LogP contribution in [0.3, 0.4) is 0 Å². The Morgan fingerprint density at radius 3 is 2.71 bits per heavy atom. The van der Waals surface area contributed by atoms with Gasteiger partial charge in [0.15, 0.2) is 5.82 Å². The van der Waals surface area contributed by atoms with Crippen LogP contribution in [-0.4, -0.2) is 36.4 Å². The molecule has 9 heteroatoms. The predicted molar refractivity (Wildman–Crippen MR) is 131 cm³/mol. The van der Waals surface area contributed by atoms with E-state index in [0.29, 0.717) is 22.9 Å². The summed E-state index contributed by atoms with van der Waals surface area (Å²) in [4.78, 5) is 27.8. The number of carbonyl (C=O) groups excluding carboxylic acids is 1. The molecule has 4 heterocycles. The Hall–Kier alpha value is -4.53. The number of amidine groups is 1. The fourth-order valence-corrected chi connectivity index (χ4v) is 3.93. The SMILES string of the molecule is CCC1=C2N=C(NC(=O)c3cn(C)nc3Nc3cncnc3)C=CN2C=C(c2ccccc2)C1. The first kappa shape index (κ1) is 21.3. The standard InChI is InChI=1S/C25H24N8O/c1-3-17-11-19(18-7-5-4-6-8-18)14-33-10-9-22(29-24(17)33)30-25(34)21-15-32(2)31-23(21)28-20-12-26-16-27-13-20/h4-10,12-16H,3,11H2,1-2H3,(H,28,31)(H,29,30,34). The third kappa shape index (κ3) is 4.36. The number of aliphatic imine (C=N–C) groups is 1. The summed E-state index contributed by atoms with van der Waals surface area (Å²) in [6.07, 6.45) is 13.9. The zero-order valence-corrected chi connectivity index (χ0v) is 18.9. The van der Waals surface area contributed by atoms with Gasteiger partial charge >= 0.3 is 0 Å². The summed E-state index contributed by atoms with van der Waals surface area (Å²) < 4.78 is 1.58. The van der Waals surface area contributed by atoms with Crippen LogP contribution in [0.5, 0.6) is 0 Å². The Kier molecular flexibility index (Phi) is 5.73. The Labute approximate surface area is 197 Å². The van der Waals surface area contributed by atoms with Crippen LogP contribution in [0.15, 0.2) is 90.1 Å². The van der Waals surface area contributed by atoms with Crippen molar-refractivity contribution in [3.05, 3.63) is 96.2 Å². The maximum absolute atomic E-state index is 13.1. The van der Waals surface area contributed by atoms with Crippen molar-refractivity contribution >= 4 is 28.8 Å². The average molecular weight is 453 g/mol. The molecule has 0 spiro atoms. The van der Waals surface area contributed by atoms with Gasteiger partial charge in [-0.2, -0.15) is 5.10 Å². The van der Waals surface area contributed by atoms with Crippen molar-refractivity contribution in [2.24, 2.45) is 12.0 Å². The number of hydrogen-bond acceptors (Lipinski definition) is 7. The molecule has 1 aromatic carbocycles. The summed E-state index contributed by atoms with van der Waals surface area (Å²) in [7, 11) is 1.76. The average Bonchev–Trinajstić information content (AvgIpc) is 3.24. The molecule has 3 aromatic rings. The third-order valence-corrected chi connectivity index (χ3v) is 5.59. The van der Waals surface area contributed by atoms with Crippen molar-refractivity contribution in [3.8, 4) is 0 Å². The van der Waals surface area contributed by atoms with Crippen LogP contribution in [0.1, 0.15) is 35.7 Å². The van der Waals surface area contributed by atoms with Gasteiger partial charge in [0, 0.05) is 25.6 Å². The topological polar surface area (TPSA) is 100 Å². The summed E-state index contributed by atoms with van der Waals surface area (Å²) >= 11 is 0. The van der Waals surface area contributed by atoms with Crippen LogP contribution in [-0.2, 0) is 7.05 Å². The lowest BCUT2D eigenvalue weighted by atomic mass is 9.94. The molecule has 0 fully saturated rings. The molecular formula is C25H24N8O. The molecule has 2 aromatic heterocycles. The monoisotopic (exact) mass is 452 g/mol. The van der Waals surface area contributed by atoms with Gasteiger partial charge in [-0.05, 0) is 35.6 Å². The molecule has 0 bridgehead atoms. The summed E-state index contributed by atoms with van der Waals surface area (Å²) in [5.74, 6) is 1.44. The predicted octanol–water partition coefficient (Wildman–Crippen LogP) is 3.98. The molecule has 1 amide bonds. The van der Waals surface area contributed by atoms with Gasteiger partial charge in [-0.1, -0.05) is 37.3 Å². The van der Waals surface area contributed by atoms with Gasteiger partial charge in [0.2, 0.25) is 0 Å². The van der Waals surface area contributed by atoms with E-state index in [4.69, 9.17) is 4.99 Å². The lowest BCUT2D eigenvalue weighted by molar-refractivity contribution is 0.0978. The van der Waals surface area contributed by atoms with Crippen molar-refractivity contribution in [2.45, 2.75) is 19.8 Å². The Morgan fingerprint density at radius 1 is 1.15 bits per heavy atom. The van der Waals surface area contributed by atoms with Gasteiger partial charge in [-0.3, -0.25) is 9.48 Å². The molecule has 34 heavy (non-hydrogen) atoms. The van der Waals surface area contributed by atoms with E-state index in [1.165, 1.54) is 23.0 Å². The number of fused-ring (bicyclic) bond motifs is 1. The molecule has 2 aliphatic rings. The summed E-state index contributed by atoms with van der Waals surface area (Å²) in [6.45, 7) is 2.13. The summed E-state index contributed by atoms with van der Waals surface area (Å²) in [5.41, 5.74) is 4.69. The molecule has 5 rings (SSSR count). The smallest absolute Gasteiger partial charge is 0.262 e. The van der Waals surface area contributed by atoms with Gasteiger partial charge in [-0.25, -0.2) is 15.0 Å². The normalized spacial score (nSPS) is 14.9. The minimum absolute atomic E-state index is 0.306. The van der Waals surface area contributed by atoms with Crippen LogP contribution in [0.4, 0.5) is 11.5 Å². The lowest BCUT2D eigenvalue weighted by Crippen LogP contribution is -2.33. The number of nitrogens with zero attached hydrogens (tertiary/aromatic N) is 6. The van der Waals surface area contributed by atoms with Crippen LogP contribution in [0.25, 0.3) is 5.57 Å². The van der Waals surface area contributed by atoms with E-state index in [-0.39, 0.29) is 5.91 Å². The second kappa shape index (κ2) is 9.14. The van der Waals surface area contributed by atoms with E-state index < -0.39 is 0 Å². The molecule has 0 atom stereocenters. The van der Waals surface area contributed by atoms with Crippen LogP contribution in [0, 0.1) is 0 Å². The number of anilines is 2. The number of allylic oxidation sites excluding steroid dienone is 2. The quantitative estimate of drug-likeness (QED) is 0.607. The molecule has 2 aliphatic heterocycles. The second-order valence-electron chi connectivity index (χ2n) is 7.97. The maximum Gasteiger partial charge on any atom is 0.262 e. The van der Waals surface area contributed by atoms with Gasteiger partial charge in [0.1, 0.15) is 23.5 Å². The van der Waals surface area contributed by atoms with E-state index >= 15 is 0 Å². The molecule has 170 valence electrons. The first-order valence-electron chi connectivity index (χ1n) is 11.0. The molecule has 9 nitrogen and oxygen atoms in total. The second-order valence-corrected chi connectivity index (χ2v) is 7.97. The first-order valence-corrected chi connectivity index (χ1v) is 11.0. The summed E-state index contributed by atoms with van der Waals surface area (Å²) in [6, 6.07) is 10.4. The number of nitrogens with one attached hydrogen (secondary N) is 2. The van der Waals surface area contributed by atoms with Crippen molar-refractivity contribution in [1.82, 2.24) is 30.0 Å². The molecule has 0 saturated carbocycles. The molecule has 0 radical (unpaired) electrons. The zero-order valence-electron chi connectivity index (χ0n) is 18.9. The van der Waals surface area contributed by atoms with Crippen molar-refractivity contribution in [1.29, 1.82) is 0 Å². The summed E-state index contributed by atoms with van der Waals surface area (Å²) in [5, 5.41) is 10.4. The highest BCUT2D eigenvalue weighted by molar-refractivity contribution is 6.12. The molecular weight excluding hydrogens is 428 g/mol. The number of aromatic nitrogens is 4. The Morgan fingerprint density at radius 2 is 1.94 bits per heavy atom. The van der Waals surface area contributed by atoms with E-state index in [1.807, 2.05) is 29.3 Å². The highest BCUT2D eigenvalue weighted by Crippen LogP contribution is 2.34. The minimum Gasteiger partial charge on any atom is -0.336 e. The van der Waals surface area contributed by atoms with Gasteiger partial charge in [-0.15, -0.1) is 0 Å². The largest absolute Gasteiger partial charge is 0.336 e. The maximum atomic E-state index is 13.1. The van der Waals surface area contributed by atoms with Crippen molar-refractivity contribution in [3.63, 3.8) is 0 Å². The molecule has 2 N–H and O–H groups in total. The highest BCUT2D eigenvalue weighted by atomic mass is 16.1. The van der Waals surface area contributed by atoms with E-state index in [1.54, 1.807) is 36.4 Å². The van der Waals surface area contributed by atoms with Crippen LogP contribution >= 0.6 is 0 Å². The van der Waals surface area contributed by atoms with Crippen LogP contribution in [0.2, 0.25) is 0 Å². The number of benzene rings is 1. The number of rotatable bonds is 5. The lowest BCUT2D eigenvalue weighted by Gasteiger charge is -2.29. The minimum atomic E-state index is -0.306. The van der Waals surface area contributed by atoms with Gasteiger partial charge < -0.3 is 15.5 Å². The van der Waals surface area contributed by atoms with Crippen molar-refractivity contribution in [2.75, 3.05) is 5.32 Å². The molecule has 0 saturated heterocycles. The number of aryl methyl sites for hydroxylation is 1. The van der Waals surface area contributed by atoms with Gasteiger partial charge in [0.05, 0.1) is 18.1 Å². The fraction of sp³-hybridized carbons (Fsp3) is 0.160. The Bertz CT molecular complexity index is 1340. The van der Waals surface area contributed by atoms with Crippen LogP contribution < -0.4 is 10.6 Å². The highest BCUT2D eigenvalue weighted by Gasteiger charge is 2.23. The van der Waals surface area contributed by atoms with Gasteiger partial charge in [0.25, 0.3) is 5.91 Å². The van der Waals surface area contributed by atoms with E-state index in [9.17, 15) is 4.79 Å². The number of amides is 1. The number of hydrogen-bond donors (Lipinski definition) is 2.